The number of allylic oxidation sites excluding steroid dienone is 8. The molecule has 0 saturated carbocycles. The Hall–Kier alpha value is -1.98. The summed E-state index contributed by atoms with van der Waals surface area (Å²) in [5.41, 5.74) is 1.51. The topological polar surface area (TPSA) is 55.8 Å². The Morgan fingerprint density at radius 3 is 1.68 bits per heavy atom. The van der Waals surface area contributed by atoms with Gasteiger partial charge in [-0.05, 0) is 84.0 Å². The maximum absolute atomic E-state index is 13.2. The highest BCUT2D eigenvalue weighted by molar-refractivity contribution is 5.84. The Labute approximate surface area is 309 Å². The molecule has 0 aromatic carbocycles. The van der Waals surface area contributed by atoms with Crippen LogP contribution in [0, 0.1) is 0 Å². The van der Waals surface area contributed by atoms with Gasteiger partial charge < -0.3 is 9.47 Å². The van der Waals surface area contributed by atoms with Crippen LogP contribution in [-0.4, -0.2) is 55.6 Å². The molecular formula is C45H79NO4. The van der Waals surface area contributed by atoms with E-state index in [0.717, 1.165) is 58.0 Å². The Kier molecular flexibility index (Phi) is 32.6. The van der Waals surface area contributed by atoms with Crippen LogP contribution in [0.2, 0.25) is 0 Å². The Morgan fingerprint density at radius 2 is 1.10 bits per heavy atom. The average molecular weight is 698 g/mol. The summed E-state index contributed by atoms with van der Waals surface area (Å²) in [5.74, 6) is 0.0565. The number of nitrogens with zero attached hydrogens (tertiary/aromatic N) is 1. The van der Waals surface area contributed by atoms with E-state index < -0.39 is 0 Å². The number of ether oxygens (including phenoxy) is 2. The number of Topliss-reactive ketones (excluding diaryl/α,β-unsaturated/α-hetero) is 1. The van der Waals surface area contributed by atoms with E-state index in [-0.39, 0.29) is 24.4 Å². The highest BCUT2D eigenvalue weighted by Gasteiger charge is 2.28. The molecule has 288 valence electrons. The zero-order valence-corrected chi connectivity index (χ0v) is 33.1. The minimum Gasteiger partial charge on any atom is -0.464 e. The van der Waals surface area contributed by atoms with Crippen LogP contribution in [-0.2, 0) is 19.1 Å². The van der Waals surface area contributed by atoms with Crippen molar-refractivity contribution in [1.82, 2.24) is 4.90 Å². The van der Waals surface area contributed by atoms with Crippen LogP contribution in [0.15, 0.2) is 48.1 Å². The number of carbonyl (C=O) groups is 2. The Balaban J connectivity index is 2.12. The van der Waals surface area contributed by atoms with Crippen LogP contribution in [0.4, 0.5) is 0 Å². The van der Waals surface area contributed by atoms with Gasteiger partial charge in [0, 0.05) is 25.9 Å². The highest BCUT2D eigenvalue weighted by atomic mass is 16.5. The standard InChI is InChI=1S/C45H79NO4/c1-4-6-8-9-10-11-12-13-14-15-16-17-18-22-25-28-31-35-44(47)43(46-37-39-49-40-38-46)41-50-45(48)36-32-29-26-23-20-19-21-24-27-30-34-42(3)33-7-5-2/h10-11,13-14,24,27,34,43H,4-9,12,15-23,25-26,28-33,35-41H2,1-3H3/b11-10-,14-13-,27-24-,42-34-. The second-order valence-corrected chi connectivity index (χ2v) is 14.5. The summed E-state index contributed by atoms with van der Waals surface area (Å²) < 4.78 is 11.2. The summed E-state index contributed by atoms with van der Waals surface area (Å²) in [7, 11) is 0. The largest absolute Gasteiger partial charge is 0.464 e. The highest BCUT2D eigenvalue weighted by Crippen LogP contribution is 2.15. The minimum absolute atomic E-state index is 0.162. The van der Waals surface area contributed by atoms with Crippen LogP contribution in [0.5, 0.6) is 0 Å². The van der Waals surface area contributed by atoms with Gasteiger partial charge in [-0.1, -0.05) is 139 Å². The first-order valence-corrected chi connectivity index (χ1v) is 21.2. The fourth-order valence-electron chi connectivity index (χ4n) is 6.45. The Morgan fingerprint density at radius 1 is 0.600 bits per heavy atom. The number of ketones is 1. The fraction of sp³-hybridized carbons (Fsp3) is 0.778. The first-order valence-electron chi connectivity index (χ1n) is 21.2. The van der Waals surface area contributed by atoms with E-state index in [2.05, 4.69) is 68.2 Å². The van der Waals surface area contributed by atoms with Gasteiger partial charge >= 0.3 is 5.97 Å². The van der Waals surface area contributed by atoms with Crippen LogP contribution < -0.4 is 0 Å². The third-order valence-corrected chi connectivity index (χ3v) is 9.83. The Bertz CT molecular complexity index is 914. The second-order valence-electron chi connectivity index (χ2n) is 14.5. The summed E-state index contributed by atoms with van der Waals surface area (Å²) in [4.78, 5) is 27.9. The molecule has 50 heavy (non-hydrogen) atoms. The van der Waals surface area contributed by atoms with Gasteiger partial charge in [0.15, 0.2) is 5.78 Å². The second kappa shape index (κ2) is 35.4. The minimum atomic E-state index is -0.331. The molecule has 0 aromatic heterocycles. The molecule has 1 atom stereocenters. The molecule has 1 fully saturated rings. The molecule has 5 heteroatoms. The number of hydrogen-bond donors (Lipinski definition) is 0. The lowest BCUT2D eigenvalue weighted by atomic mass is 10.0. The van der Waals surface area contributed by atoms with Crippen molar-refractivity contribution in [2.75, 3.05) is 32.9 Å². The van der Waals surface area contributed by atoms with Crippen molar-refractivity contribution in [3.05, 3.63) is 48.1 Å². The van der Waals surface area contributed by atoms with Crippen molar-refractivity contribution < 1.29 is 19.1 Å². The molecule has 1 rings (SSSR count). The lowest BCUT2D eigenvalue weighted by Gasteiger charge is -2.33. The summed E-state index contributed by atoms with van der Waals surface area (Å²) in [6.45, 7) is 9.65. The average Bonchev–Trinajstić information content (AvgIpc) is 3.13. The molecule has 0 radical (unpaired) electrons. The predicted octanol–water partition coefficient (Wildman–Crippen LogP) is 12.6. The maximum atomic E-state index is 13.2. The van der Waals surface area contributed by atoms with Gasteiger partial charge in [-0.2, -0.15) is 0 Å². The fourth-order valence-corrected chi connectivity index (χ4v) is 6.45. The van der Waals surface area contributed by atoms with Gasteiger partial charge in [-0.3, -0.25) is 14.5 Å². The predicted molar refractivity (Wildman–Crippen MR) is 215 cm³/mol. The lowest BCUT2D eigenvalue weighted by molar-refractivity contribution is -0.148. The number of hydrogen-bond acceptors (Lipinski definition) is 5. The zero-order chi connectivity index (χ0) is 36.2. The van der Waals surface area contributed by atoms with Crippen molar-refractivity contribution in [2.24, 2.45) is 0 Å². The molecule has 0 aliphatic carbocycles. The summed E-state index contributed by atoms with van der Waals surface area (Å²) in [6.07, 6.45) is 45.8. The molecular weight excluding hydrogens is 618 g/mol. The summed E-state index contributed by atoms with van der Waals surface area (Å²) in [6, 6.07) is -0.331. The van der Waals surface area contributed by atoms with E-state index in [1.807, 2.05) is 0 Å². The third kappa shape index (κ3) is 28.7. The molecule has 1 aliphatic heterocycles. The van der Waals surface area contributed by atoms with Crippen molar-refractivity contribution >= 4 is 11.8 Å². The molecule has 1 unspecified atom stereocenters. The SMILES string of the molecule is CCCCC/C=C\C/C=C\CCCCCCCCCC(=O)C(COC(=O)CCCCCCCC/C=C\C/C=C(/C)CCCC)N1CCOCC1. The van der Waals surface area contributed by atoms with Gasteiger partial charge in [-0.25, -0.2) is 0 Å². The van der Waals surface area contributed by atoms with E-state index >= 15 is 0 Å². The quantitative estimate of drug-likeness (QED) is 0.0380. The molecule has 1 heterocycles. The monoisotopic (exact) mass is 698 g/mol. The number of carbonyl (C=O) groups excluding carboxylic acids is 2. The molecule has 0 aromatic rings. The summed E-state index contributed by atoms with van der Waals surface area (Å²) >= 11 is 0. The maximum Gasteiger partial charge on any atom is 0.305 e. The number of morpholine rings is 1. The van der Waals surface area contributed by atoms with E-state index in [9.17, 15) is 9.59 Å². The smallest absolute Gasteiger partial charge is 0.305 e. The van der Waals surface area contributed by atoms with Gasteiger partial charge in [0.2, 0.25) is 0 Å². The van der Waals surface area contributed by atoms with Crippen molar-refractivity contribution in [3.63, 3.8) is 0 Å². The number of unbranched alkanes of at least 4 members (excludes halogenated alkanes) is 17. The van der Waals surface area contributed by atoms with Crippen molar-refractivity contribution in [1.29, 1.82) is 0 Å². The first kappa shape index (κ1) is 46.0. The molecule has 1 saturated heterocycles. The van der Waals surface area contributed by atoms with Crippen LogP contribution in [0.25, 0.3) is 0 Å². The molecule has 0 amide bonds. The number of rotatable bonds is 34. The molecule has 0 spiro atoms. The van der Waals surface area contributed by atoms with Crippen LogP contribution in [0.1, 0.15) is 188 Å². The third-order valence-electron chi connectivity index (χ3n) is 9.83. The molecule has 1 aliphatic rings. The van der Waals surface area contributed by atoms with Gasteiger partial charge in [0.05, 0.1) is 13.2 Å². The van der Waals surface area contributed by atoms with Crippen molar-refractivity contribution in [2.45, 2.75) is 194 Å². The van der Waals surface area contributed by atoms with Crippen LogP contribution in [0.3, 0.4) is 0 Å². The van der Waals surface area contributed by atoms with E-state index in [1.54, 1.807) is 0 Å². The van der Waals surface area contributed by atoms with E-state index in [1.165, 1.54) is 115 Å². The molecule has 0 N–H and O–H groups in total. The lowest BCUT2D eigenvalue weighted by Crippen LogP contribution is -2.50. The van der Waals surface area contributed by atoms with Gasteiger partial charge in [0.25, 0.3) is 0 Å². The van der Waals surface area contributed by atoms with E-state index in [4.69, 9.17) is 9.47 Å². The normalized spacial score (nSPS) is 15.1. The van der Waals surface area contributed by atoms with Gasteiger partial charge in [0.1, 0.15) is 12.6 Å². The summed E-state index contributed by atoms with van der Waals surface area (Å²) in [5, 5.41) is 0. The number of esters is 1. The zero-order valence-electron chi connectivity index (χ0n) is 33.1. The molecule has 0 bridgehead atoms. The van der Waals surface area contributed by atoms with Crippen molar-refractivity contribution in [3.8, 4) is 0 Å². The molecule has 5 nitrogen and oxygen atoms in total. The van der Waals surface area contributed by atoms with Crippen LogP contribution >= 0.6 is 0 Å². The van der Waals surface area contributed by atoms with Gasteiger partial charge in [-0.15, -0.1) is 0 Å². The van der Waals surface area contributed by atoms with E-state index in [0.29, 0.717) is 26.1 Å². The first-order chi connectivity index (χ1) is 24.6.